The molecule has 0 fully saturated rings. The number of hydrogen-bond donors (Lipinski definition) is 4. The molecule has 20 heavy (non-hydrogen) atoms. The molecule has 110 valence electrons. The van der Waals surface area contributed by atoms with Gasteiger partial charge in [0.25, 0.3) is 5.91 Å². The Morgan fingerprint density at radius 2 is 1.90 bits per heavy atom. The zero-order valence-electron chi connectivity index (χ0n) is 10.5. The summed E-state index contributed by atoms with van der Waals surface area (Å²) in [4.78, 5) is 11.6. The third kappa shape index (κ3) is 5.67. The number of hydrogen-bond acceptors (Lipinski definition) is 6. The van der Waals surface area contributed by atoms with Crippen molar-refractivity contribution in [1.29, 1.82) is 0 Å². The first-order chi connectivity index (χ1) is 9.31. The Morgan fingerprint density at radius 3 is 2.40 bits per heavy atom. The number of phenols is 1. The van der Waals surface area contributed by atoms with Crippen molar-refractivity contribution in [2.24, 2.45) is 10.3 Å². The molecule has 0 aliphatic rings. The number of rotatable bonds is 6. The van der Waals surface area contributed by atoms with Crippen molar-refractivity contribution in [3.05, 3.63) is 29.8 Å². The van der Waals surface area contributed by atoms with E-state index in [1.165, 1.54) is 12.1 Å². The van der Waals surface area contributed by atoms with Crippen molar-refractivity contribution < 1.29 is 23.5 Å². The summed E-state index contributed by atoms with van der Waals surface area (Å²) in [6.45, 7) is -0.174. The number of phenolic OH excluding ortho intramolecular Hbond substituents is 1. The number of amides is 1. The van der Waals surface area contributed by atoms with E-state index < -0.39 is 21.7 Å². The van der Waals surface area contributed by atoms with Gasteiger partial charge >= 0.3 is 0 Å². The number of primary sulfonamides is 1. The van der Waals surface area contributed by atoms with Gasteiger partial charge in [0.15, 0.2) is 0 Å². The van der Waals surface area contributed by atoms with Gasteiger partial charge in [-0.05, 0) is 17.7 Å². The summed E-state index contributed by atoms with van der Waals surface area (Å²) in [5, 5.41) is 27.9. The van der Waals surface area contributed by atoms with Crippen molar-refractivity contribution in [1.82, 2.24) is 5.32 Å². The van der Waals surface area contributed by atoms with Crippen LogP contribution in [0.1, 0.15) is 5.56 Å². The summed E-state index contributed by atoms with van der Waals surface area (Å²) in [6, 6.07) is 6.00. The molecule has 5 N–H and O–H groups in total. The molecule has 8 nitrogen and oxygen atoms in total. The van der Waals surface area contributed by atoms with Gasteiger partial charge in [0.2, 0.25) is 10.0 Å². The minimum atomic E-state index is -3.66. The monoisotopic (exact) mass is 301 g/mol. The smallest absolute Gasteiger partial charge is 0.269 e. The highest BCUT2D eigenvalue weighted by molar-refractivity contribution is 7.89. The molecule has 1 aromatic rings. The Balaban J connectivity index is 2.58. The number of carbonyl (C=O) groups excluding carboxylic acids is 1. The Hall–Kier alpha value is -2.13. The summed E-state index contributed by atoms with van der Waals surface area (Å²) in [5.41, 5.74) is 0.474. The minimum Gasteiger partial charge on any atom is -0.508 e. The van der Waals surface area contributed by atoms with E-state index in [4.69, 9.17) is 15.5 Å². The van der Waals surface area contributed by atoms with E-state index in [1.54, 1.807) is 12.1 Å². The first-order valence-corrected chi connectivity index (χ1v) is 7.31. The van der Waals surface area contributed by atoms with Gasteiger partial charge in [-0.3, -0.25) is 4.79 Å². The molecule has 0 spiro atoms. The molecule has 0 aromatic heterocycles. The maximum Gasteiger partial charge on any atom is 0.269 e. The number of benzene rings is 1. The number of nitrogens with one attached hydrogen (secondary N) is 1. The van der Waals surface area contributed by atoms with Crippen LogP contribution in [0.4, 0.5) is 0 Å². The van der Waals surface area contributed by atoms with Gasteiger partial charge in [-0.25, -0.2) is 13.6 Å². The fourth-order valence-corrected chi connectivity index (χ4v) is 1.76. The van der Waals surface area contributed by atoms with Crippen LogP contribution in [0.5, 0.6) is 5.75 Å². The number of nitrogens with two attached hydrogens (primary N) is 1. The predicted octanol–water partition coefficient (Wildman–Crippen LogP) is -0.830. The van der Waals surface area contributed by atoms with Crippen LogP contribution < -0.4 is 10.5 Å². The number of oxime groups is 1. The van der Waals surface area contributed by atoms with Crippen molar-refractivity contribution >= 4 is 21.6 Å². The second-order valence-corrected chi connectivity index (χ2v) is 5.75. The number of nitrogens with zero attached hydrogens (tertiary/aromatic N) is 1. The quantitative estimate of drug-likeness (QED) is 0.308. The summed E-state index contributed by atoms with van der Waals surface area (Å²) >= 11 is 0. The lowest BCUT2D eigenvalue weighted by Gasteiger charge is -2.06. The highest BCUT2D eigenvalue weighted by Crippen LogP contribution is 2.10. The predicted molar refractivity (Wildman–Crippen MR) is 72.0 cm³/mol. The van der Waals surface area contributed by atoms with Crippen LogP contribution in [0.15, 0.2) is 29.4 Å². The molecule has 0 saturated carbocycles. The SMILES string of the molecule is NS(=O)(=O)CCNC(=O)/C(Cc1ccc(O)cc1)=N/O. The van der Waals surface area contributed by atoms with E-state index in [2.05, 4.69) is 10.5 Å². The van der Waals surface area contributed by atoms with Crippen LogP contribution in [0.3, 0.4) is 0 Å². The first-order valence-electron chi connectivity index (χ1n) is 5.59. The maximum absolute atomic E-state index is 11.6. The van der Waals surface area contributed by atoms with Crippen molar-refractivity contribution in [2.45, 2.75) is 6.42 Å². The zero-order chi connectivity index (χ0) is 15.2. The molecular weight excluding hydrogens is 286 g/mol. The fraction of sp³-hybridized carbons (Fsp3) is 0.273. The van der Waals surface area contributed by atoms with Crippen LogP contribution in [-0.4, -0.2) is 42.6 Å². The molecule has 1 aromatic carbocycles. The Bertz CT molecular complexity index is 595. The normalized spacial score (nSPS) is 12.2. The Labute approximate surface area is 116 Å². The third-order valence-electron chi connectivity index (χ3n) is 2.36. The molecule has 0 aliphatic carbocycles. The molecule has 0 heterocycles. The molecule has 1 rings (SSSR count). The van der Waals surface area contributed by atoms with Crippen LogP contribution in [0, 0.1) is 0 Å². The van der Waals surface area contributed by atoms with E-state index in [9.17, 15) is 13.2 Å². The van der Waals surface area contributed by atoms with Crippen LogP contribution in [0.25, 0.3) is 0 Å². The number of aromatic hydroxyl groups is 1. The van der Waals surface area contributed by atoms with Gasteiger partial charge in [-0.15, -0.1) is 0 Å². The van der Waals surface area contributed by atoms with Gasteiger partial charge in [-0.2, -0.15) is 0 Å². The van der Waals surface area contributed by atoms with Crippen molar-refractivity contribution in [3.63, 3.8) is 0 Å². The highest BCUT2D eigenvalue weighted by Gasteiger charge is 2.13. The van der Waals surface area contributed by atoms with Crippen LogP contribution in [-0.2, 0) is 21.2 Å². The molecular formula is C11H15N3O5S. The minimum absolute atomic E-state index is 0.0397. The largest absolute Gasteiger partial charge is 0.508 e. The average Bonchev–Trinajstić information content (AvgIpc) is 2.36. The van der Waals surface area contributed by atoms with Crippen LogP contribution >= 0.6 is 0 Å². The summed E-state index contributed by atoms with van der Waals surface area (Å²) < 4.78 is 21.4. The van der Waals surface area contributed by atoms with Gasteiger partial charge < -0.3 is 15.6 Å². The van der Waals surface area contributed by atoms with E-state index in [0.29, 0.717) is 5.56 Å². The molecule has 0 saturated heterocycles. The van der Waals surface area contributed by atoms with E-state index in [1.807, 2.05) is 0 Å². The fourth-order valence-electron chi connectivity index (χ4n) is 1.38. The molecule has 0 radical (unpaired) electrons. The first kappa shape index (κ1) is 15.9. The standard InChI is InChI=1S/C11H15N3O5S/c12-20(18,19)6-5-13-11(16)10(14-17)7-8-1-3-9(15)4-2-8/h1-4,15,17H,5-7H2,(H,13,16)(H2,12,18,19)/b14-10+. The van der Waals surface area contributed by atoms with Crippen LogP contribution in [0.2, 0.25) is 0 Å². The molecule has 0 aliphatic heterocycles. The van der Waals surface area contributed by atoms with E-state index in [0.717, 1.165) is 0 Å². The topological polar surface area (TPSA) is 142 Å². The lowest BCUT2D eigenvalue weighted by atomic mass is 10.1. The van der Waals surface area contributed by atoms with E-state index >= 15 is 0 Å². The van der Waals surface area contributed by atoms with E-state index in [-0.39, 0.29) is 24.4 Å². The zero-order valence-corrected chi connectivity index (χ0v) is 11.3. The summed E-state index contributed by atoms with van der Waals surface area (Å²) in [7, 11) is -3.66. The van der Waals surface area contributed by atoms with Gasteiger partial charge in [0.05, 0.1) is 5.75 Å². The van der Waals surface area contributed by atoms with Crippen molar-refractivity contribution in [2.75, 3.05) is 12.3 Å². The molecule has 1 amide bonds. The van der Waals surface area contributed by atoms with Gasteiger partial charge in [-0.1, -0.05) is 17.3 Å². The number of carbonyl (C=O) groups is 1. The molecule has 0 bridgehead atoms. The lowest BCUT2D eigenvalue weighted by molar-refractivity contribution is -0.114. The molecule has 9 heteroatoms. The lowest BCUT2D eigenvalue weighted by Crippen LogP contribution is -2.36. The third-order valence-corrected chi connectivity index (χ3v) is 3.14. The molecule has 0 atom stereocenters. The van der Waals surface area contributed by atoms with Gasteiger partial charge in [0, 0.05) is 13.0 Å². The number of sulfonamides is 1. The Kier molecular flexibility index (Phi) is 5.47. The van der Waals surface area contributed by atoms with Crippen molar-refractivity contribution in [3.8, 4) is 5.75 Å². The highest BCUT2D eigenvalue weighted by atomic mass is 32.2. The second kappa shape index (κ2) is 6.87. The van der Waals surface area contributed by atoms with Gasteiger partial charge in [0.1, 0.15) is 11.5 Å². The Morgan fingerprint density at radius 1 is 1.30 bits per heavy atom. The molecule has 0 unspecified atom stereocenters. The summed E-state index contributed by atoms with van der Waals surface area (Å²) in [5.74, 6) is -1.02. The summed E-state index contributed by atoms with van der Waals surface area (Å²) in [6.07, 6.45) is 0.0397. The maximum atomic E-state index is 11.6. The second-order valence-electron chi connectivity index (χ2n) is 4.01. The average molecular weight is 301 g/mol.